The van der Waals surface area contributed by atoms with E-state index in [9.17, 15) is 4.79 Å². The van der Waals surface area contributed by atoms with E-state index >= 15 is 0 Å². The molecule has 0 fully saturated rings. The second-order valence-electron chi connectivity index (χ2n) is 5.77. The number of carbonyl (C=O) groups is 1. The molecule has 0 aromatic heterocycles. The SMILES string of the molecule is CN=C(NCc1ccc(NC(=O)OC)cc1)NCc1ccc(OC)cc1OC.I. The lowest BCUT2D eigenvalue weighted by atomic mass is 10.2. The van der Waals surface area contributed by atoms with Gasteiger partial charge in [-0.1, -0.05) is 12.1 Å². The van der Waals surface area contributed by atoms with Crippen LogP contribution in [0, 0.1) is 0 Å². The van der Waals surface area contributed by atoms with Crippen LogP contribution in [0.25, 0.3) is 0 Å². The Balaban J connectivity index is 0.00000420. The van der Waals surface area contributed by atoms with E-state index in [-0.39, 0.29) is 24.0 Å². The van der Waals surface area contributed by atoms with E-state index in [1.54, 1.807) is 21.3 Å². The maximum Gasteiger partial charge on any atom is 0.411 e. The summed E-state index contributed by atoms with van der Waals surface area (Å²) in [5.74, 6) is 2.15. The third kappa shape index (κ3) is 7.68. The van der Waals surface area contributed by atoms with E-state index in [1.165, 1.54) is 7.11 Å². The molecule has 0 saturated heterocycles. The van der Waals surface area contributed by atoms with Crippen LogP contribution in [-0.2, 0) is 17.8 Å². The Morgan fingerprint density at radius 1 is 0.966 bits per heavy atom. The van der Waals surface area contributed by atoms with Crippen molar-refractivity contribution in [2.75, 3.05) is 33.7 Å². The number of hydrogen-bond donors (Lipinski definition) is 3. The van der Waals surface area contributed by atoms with Gasteiger partial charge < -0.3 is 24.8 Å². The van der Waals surface area contributed by atoms with Gasteiger partial charge in [0.15, 0.2) is 5.96 Å². The van der Waals surface area contributed by atoms with Gasteiger partial charge in [-0.3, -0.25) is 10.3 Å². The van der Waals surface area contributed by atoms with Gasteiger partial charge in [-0.05, 0) is 29.8 Å². The Hall–Kier alpha value is -2.69. The summed E-state index contributed by atoms with van der Waals surface area (Å²) in [6.07, 6.45) is -0.496. The lowest BCUT2D eigenvalue weighted by Gasteiger charge is -2.14. The highest BCUT2D eigenvalue weighted by molar-refractivity contribution is 14.0. The number of benzene rings is 2. The van der Waals surface area contributed by atoms with Gasteiger partial charge in [0.1, 0.15) is 11.5 Å². The molecule has 0 atom stereocenters. The zero-order valence-electron chi connectivity index (χ0n) is 16.9. The summed E-state index contributed by atoms with van der Waals surface area (Å²) < 4.78 is 15.2. The number of ether oxygens (including phenoxy) is 3. The molecule has 29 heavy (non-hydrogen) atoms. The van der Waals surface area contributed by atoms with Crippen molar-refractivity contribution in [3.63, 3.8) is 0 Å². The number of methoxy groups -OCH3 is 3. The Morgan fingerprint density at radius 3 is 2.24 bits per heavy atom. The van der Waals surface area contributed by atoms with Crippen molar-refractivity contribution in [3.8, 4) is 11.5 Å². The number of rotatable bonds is 7. The Bertz CT molecular complexity index is 813. The minimum atomic E-state index is -0.496. The number of aliphatic imine (C=N–C) groups is 1. The van der Waals surface area contributed by atoms with Crippen LogP contribution in [0.4, 0.5) is 10.5 Å². The maximum absolute atomic E-state index is 11.2. The molecule has 9 heteroatoms. The fourth-order valence-corrected chi connectivity index (χ4v) is 2.46. The van der Waals surface area contributed by atoms with Crippen molar-refractivity contribution in [2.24, 2.45) is 4.99 Å². The number of nitrogens with one attached hydrogen (secondary N) is 3. The second kappa shape index (κ2) is 12.7. The number of amides is 1. The quantitative estimate of drug-likeness (QED) is 0.298. The van der Waals surface area contributed by atoms with Gasteiger partial charge in [-0.25, -0.2) is 4.79 Å². The molecular weight excluding hydrogens is 487 g/mol. The van der Waals surface area contributed by atoms with Gasteiger partial charge >= 0.3 is 6.09 Å². The highest BCUT2D eigenvalue weighted by Gasteiger charge is 2.06. The minimum Gasteiger partial charge on any atom is -0.497 e. The molecule has 0 aliphatic rings. The first kappa shape index (κ1) is 24.3. The fraction of sp³-hybridized carbons (Fsp3) is 0.300. The third-order valence-corrected chi connectivity index (χ3v) is 4.01. The van der Waals surface area contributed by atoms with Crippen LogP contribution >= 0.6 is 24.0 Å². The fourth-order valence-electron chi connectivity index (χ4n) is 2.46. The van der Waals surface area contributed by atoms with Gasteiger partial charge in [0.25, 0.3) is 0 Å². The third-order valence-electron chi connectivity index (χ3n) is 4.01. The van der Waals surface area contributed by atoms with Crippen LogP contribution in [-0.4, -0.2) is 40.4 Å². The van der Waals surface area contributed by atoms with Crippen molar-refractivity contribution in [1.29, 1.82) is 0 Å². The number of hydrogen-bond acceptors (Lipinski definition) is 5. The number of anilines is 1. The first-order chi connectivity index (χ1) is 13.6. The highest BCUT2D eigenvalue weighted by atomic mass is 127. The molecule has 158 valence electrons. The summed E-state index contributed by atoms with van der Waals surface area (Å²) in [5, 5.41) is 9.12. The van der Waals surface area contributed by atoms with Crippen molar-refractivity contribution < 1.29 is 19.0 Å². The summed E-state index contributed by atoms with van der Waals surface area (Å²) in [6, 6.07) is 13.1. The van der Waals surface area contributed by atoms with Crippen molar-refractivity contribution in [1.82, 2.24) is 10.6 Å². The molecule has 2 aromatic rings. The molecule has 2 rings (SSSR count). The molecule has 0 unspecified atom stereocenters. The van der Waals surface area contributed by atoms with Crippen molar-refractivity contribution >= 4 is 41.7 Å². The summed E-state index contributed by atoms with van der Waals surface area (Å²) in [4.78, 5) is 15.4. The maximum atomic E-state index is 11.2. The normalized spacial score (nSPS) is 10.4. The topological polar surface area (TPSA) is 93.2 Å². The molecule has 3 N–H and O–H groups in total. The highest BCUT2D eigenvalue weighted by Crippen LogP contribution is 2.24. The molecule has 0 saturated carbocycles. The molecule has 0 spiro atoms. The average Bonchev–Trinajstić information content (AvgIpc) is 2.74. The Labute approximate surface area is 188 Å². The van der Waals surface area contributed by atoms with Gasteiger partial charge in [-0.15, -0.1) is 24.0 Å². The van der Waals surface area contributed by atoms with E-state index in [1.807, 2.05) is 42.5 Å². The van der Waals surface area contributed by atoms with Crippen LogP contribution in [0.2, 0.25) is 0 Å². The molecule has 0 aliphatic heterocycles. The molecule has 0 radical (unpaired) electrons. The van der Waals surface area contributed by atoms with Crippen LogP contribution in [0.15, 0.2) is 47.5 Å². The van der Waals surface area contributed by atoms with E-state index in [2.05, 4.69) is 25.7 Å². The molecule has 0 bridgehead atoms. The van der Waals surface area contributed by atoms with E-state index in [0.29, 0.717) is 24.7 Å². The van der Waals surface area contributed by atoms with Crippen LogP contribution in [0.3, 0.4) is 0 Å². The number of carbonyl (C=O) groups excluding carboxylic acids is 1. The van der Waals surface area contributed by atoms with E-state index in [4.69, 9.17) is 9.47 Å². The Kier molecular flexibility index (Phi) is 10.7. The lowest BCUT2D eigenvalue weighted by Crippen LogP contribution is -2.36. The van der Waals surface area contributed by atoms with Gasteiger partial charge in [-0.2, -0.15) is 0 Å². The Morgan fingerprint density at radius 2 is 1.66 bits per heavy atom. The molecule has 0 aliphatic carbocycles. The van der Waals surface area contributed by atoms with E-state index < -0.39 is 6.09 Å². The predicted molar refractivity (Wildman–Crippen MR) is 124 cm³/mol. The number of halogens is 1. The largest absolute Gasteiger partial charge is 0.497 e. The van der Waals surface area contributed by atoms with Gasteiger partial charge in [0.2, 0.25) is 0 Å². The molecule has 8 nitrogen and oxygen atoms in total. The predicted octanol–water partition coefficient (Wildman–Crippen LogP) is 3.37. The average molecular weight is 514 g/mol. The van der Waals surface area contributed by atoms with Crippen LogP contribution in [0.1, 0.15) is 11.1 Å². The first-order valence-electron chi connectivity index (χ1n) is 8.69. The smallest absolute Gasteiger partial charge is 0.411 e. The second-order valence-corrected chi connectivity index (χ2v) is 5.77. The van der Waals surface area contributed by atoms with Crippen LogP contribution < -0.4 is 25.4 Å². The standard InChI is InChI=1S/C20H26N4O4.HI/c1-21-19(23-13-15-7-10-17(26-2)11-18(15)27-3)22-12-14-5-8-16(9-6-14)24-20(25)28-4;/h5-11H,12-13H2,1-4H3,(H,24,25)(H2,21,22,23);1H. The summed E-state index contributed by atoms with van der Waals surface area (Å²) >= 11 is 0. The molecule has 0 heterocycles. The monoisotopic (exact) mass is 514 g/mol. The van der Waals surface area contributed by atoms with Gasteiger partial charge in [0.05, 0.1) is 21.3 Å². The number of guanidine groups is 1. The first-order valence-corrected chi connectivity index (χ1v) is 8.69. The van der Waals surface area contributed by atoms with Crippen LogP contribution in [0.5, 0.6) is 11.5 Å². The van der Waals surface area contributed by atoms with Gasteiger partial charge in [0, 0.05) is 37.5 Å². The minimum absolute atomic E-state index is 0. The van der Waals surface area contributed by atoms with E-state index in [0.717, 1.165) is 22.6 Å². The molecular formula is C20H27IN4O4. The van der Waals surface area contributed by atoms with Crippen molar-refractivity contribution in [3.05, 3.63) is 53.6 Å². The zero-order chi connectivity index (χ0) is 20.4. The number of nitrogens with zero attached hydrogens (tertiary/aromatic N) is 1. The zero-order valence-corrected chi connectivity index (χ0v) is 19.3. The molecule has 2 aromatic carbocycles. The summed E-state index contributed by atoms with van der Waals surface area (Å²) in [5.41, 5.74) is 2.70. The van der Waals surface area contributed by atoms with Crippen molar-refractivity contribution in [2.45, 2.75) is 13.1 Å². The summed E-state index contributed by atoms with van der Waals surface area (Å²) in [7, 11) is 6.29. The summed E-state index contributed by atoms with van der Waals surface area (Å²) in [6.45, 7) is 1.13. The lowest BCUT2D eigenvalue weighted by molar-refractivity contribution is 0.187. The molecule has 1 amide bonds.